The van der Waals surface area contributed by atoms with E-state index >= 15 is 0 Å². The third-order valence-corrected chi connectivity index (χ3v) is 5.01. The van der Waals surface area contributed by atoms with E-state index in [1.54, 1.807) is 18.2 Å². The summed E-state index contributed by atoms with van der Waals surface area (Å²) in [6.07, 6.45) is 0. The largest absolute Gasteiger partial charge is 0.485 e. The van der Waals surface area contributed by atoms with Crippen LogP contribution in [0.3, 0.4) is 0 Å². The first-order chi connectivity index (χ1) is 15.1. The summed E-state index contributed by atoms with van der Waals surface area (Å²) in [7, 11) is 3.68. The molecular formula is C25H21N3O3. The van der Waals surface area contributed by atoms with Gasteiger partial charge in [0.1, 0.15) is 34.7 Å². The molecule has 0 atom stereocenters. The Bertz CT molecular complexity index is 1150. The van der Waals surface area contributed by atoms with E-state index in [2.05, 4.69) is 6.07 Å². The molecule has 0 saturated heterocycles. The van der Waals surface area contributed by atoms with Crippen molar-refractivity contribution in [1.29, 1.82) is 5.26 Å². The molecule has 0 aliphatic carbocycles. The lowest BCUT2D eigenvalue weighted by Gasteiger charge is -2.20. The first-order valence-electron chi connectivity index (χ1n) is 9.78. The van der Waals surface area contributed by atoms with E-state index in [0.29, 0.717) is 23.1 Å². The van der Waals surface area contributed by atoms with E-state index in [0.717, 1.165) is 11.4 Å². The predicted octanol–water partition coefficient (Wildman–Crippen LogP) is 4.75. The Labute approximate surface area is 181 Å². The normalized spacial score (nSPS) is 12.2. The van der Waals surface area contributed by atoms with Crippen LogP contribution in [0, 0.1) is 11.3 Å². The van der Waals surface area contributed by atoms with Crippen LogP contribution in [-0.2, 0) is 4.79 Å². The molecule has 1 aliphatic heterocycles. The first kappa shape index (κ1) is 20.0. The zero-order chi connectivity index (χ0) is 21.8. The molecule has 31 heavy (non-hydrogen) atoms. The minimum Gasteiger partial charge on any atom is -0.485 e. The van der Waals surface area contributed by atoms with Crippen molar-refractivity contribution in [1.82, 2.24) is 0 Å². The highest BCUT2D eigenvalue weighted by atomic mass is 16.5. The Morgan fingerprint density at radius 3 is 2.06 bits per heavy atom. The lowest BCUT2D eigenvalue weighted by atomic mass is 10.2. The van der Waals surface area contributed by atoms with Crippen LogP contribution < -0.4 is 19.3 Å². The first-order valence-corrected chi connectivity index (χ1v) is 9.78. The fourth-order valence-corrected chi connectivity index (χ4v) is 3.53. The second-order valence-electron chi connectivity index (χ2n) is 7.02. The molecule has 3 aromatic rings. The fourth-order valence-electron chi connectivity index (χ4n) is 3.53. The second kappa shape index (κ2) is 8.64. The maximum atomic E-state index is 12.9. The number of hydrogen-bond donors (Lipinski definition) is 0. The molecule has 4 rings (SSSR count). The zero-order valence-electron chi connectivity index (χ0n) is 17.3. The molecule has 0 spiro atoms. The number of benzene rings is 3. The van der Waals surface area contributed by atoms with Crippen molar-refractivity contribution < 1.29 is 14.3 Å². The Morgan fingerprint density at radius 2 is 1.42 bits per heavy atom. The van der Waals surface area contributed by atoms with Crippen LogP contribution >= 0.6 is 0 Å². The van der Waals surface area contributed by atoms with Gasteiger partial charge in [-0.3, -0.25) is 4.79 Å². The van der Waals surface area contributed by atoms with Crippen molar-refractivity contribution >= 4 is 17.2 Å². The smallest absolute Gasteiger partial charge is 0.214 e. The van der Waals surface area contributed by atoms with E-state index in [4.69, 9.17) is 9.47 Å². The molecule has 1 heterocycles. The van der Waals surface area contributed by atoms with Gasteiger partial charge in [0, 0.05) is 20.2 Å². The zero-order valence-corrected chi connectivity index (χ0v) is 17.3. The van der Waals surface area contributed by atoms with E-state index in [9.17, 15) is 10.1 Å². The van der Waals surface area contributed by atoms with Gasteiger partial charge in [-0.2, -0.15) is 5.26 Å². The van der Waals surface area contributed by atoms with E-state index in [1.165, 1.54) is 0 Å². The number of carbonyl (C=O) groups excluding carboxylic acids is 1. The summed E-state index contributed by atoms with van der Waals surface area (Å²) in [5, 5.41) is 9.72. The van der Waals surface area contributed by atoms with Gasteiger partial charge in [-0.15, -0.1) is 0 Å². The third kappa shape index (κ3) is 4.07. The van der Waals surface area contributed by atoms with E-state index in [-0.39, 0.29) is 12.2 Å². The SMILES string of the molecule is CN1C(=C(C#N)C(=O)COc2cccc(Oc3ccccc3)c2)N(C)c2ccccc21. The summed E-state index contributed by atoms with van der Waals surface area (Å²) in [4.78, 5) is 16.6. The number of para-hydroxylation sites is 3. The fraction of sp³-hybridized carbons (Fsp3) is 0.120. The lowest BCUT2D eigenvalue weighted by molar-refractivity contribution is -0.117. The minimum atomic E-state index is -0.390. The summed E-state index contributed by atoms with van der Waals surface area (Å²) < 4.78 is 11.5. The summed E-state index contributed by atoms with van der Waals surface area (Å²) in [6.45, 7) is -0.251. The van der Waals surface area contributed by atoms with Crippen LogP contribution in [0.25, 0.3) is 0 Å². The molecule has 6 heteroatoms. The Balaban J connectivity index is 1.49. The Kier molecular flexibility index (Phi) is 5.59. The Hall–Kier alpha value is -4.24. The molecule has 0 radical (unpaired) electrons. The van der Waals surface area contributed by atoms with Crippen LogP contribution in [0.1, 0.15) is 0 Å². The molecular weight excluding hydrogens is 390 g/mol. The van der Waals surface area contributed by atoms with Crippen LogP contribution in [0.15, 0.2) is 90.3 Å². The molecule has 0 unspecified atom stereocenters. The number of fused-ring (bicyclic) bond motifs is 1. The lowest BCUT2D eigenvalue weighted by Crippen LogP contribution is -2.27. The molecule has 1 aliphatic rings. The van der Waals surface area contributed by atoms with Gasteiger partial charge in [-0.05, 0) is 36.4 Å². The minimum absolute atomic E-state index is 0.0536. The number of ether oxygens (including phenoxy) is 2. The van der Waals surface area contributed by atoms with Crippen LogP contribution in [0.4, 0.5) is 11.4 Å². The molecule has 154 valence electrons. The van der Waals surface area contributed by atoms with Crippen LogP contribution in [0.2, 0.25) is 0 Å². The summed E-state index contributed by atoms with van der Waals surface area (Å²) in [5.74, 6) is 1.94. The summed E-state index contributed by atoms with van der Waals surface area (Å²) in [5.41, 5.74) is 1.93. The number of nitrogens with zero attached hydrogens (tertiary/aromatic N) is 3. The monoisotopic (exact) mass is 411 g/mol. The van der Waals surface area contributed by atoms with Crippen molar-refractivity contribution in [3.63, 3.8) is 0 Å². The van der Waals surface area contributed by atoms with Crippen molar-refractivity contribution in [2.75, 3.05) is 30.5 Å². The van der Waals surface area contributed by atoms with Gasteiger partial charge in [0.2, 0.25) is 5.78 Å². The molecule has 0 amide bonds. The average molecular weight is 411 g/mol. The van der Waals surface area contributed by atoms with Gasteiger partial charge in [-0.1, -0.05) is 36.4 Å². The molecule has 0 saturated carbocycles. The van der Waals surface area contributed by atoms with Crippen molar-refractivity contribution in [3.05, 3.63) is 90.3 Å². The van der Waals surface area contributed by atoms with Crippen molar-refractivity contribution in [2.24, 2.45) is 0 Å². The molecule has 0 aromatic heterocycles. The number of rotatable bonds is 6. The average Bonchev–Trinajstić information content (AvgIpc) is 3.05. The van der Waals surface area contributed by atoms with Gasteiger partial charge < -0.3 is 19.3 Å². The number of hydrogen-bond acceptors (Lipinski definition) is 6. The van der Waals surface area contributed by atoms with Gasteiger partial charge in [-0.25, -0.2) is 0 Å². The highest BCUT2D eigenvalue weighted by Gasteiger charge is 2.31. The van der Waals surface area contributed by atoms with E-state index < -0.39 is 5.78 Å². The molecule has 6 nitrogen and oxygen atoms in total. The van der Waals surface area contributed by atoms with Crippen molar-refractivity contribution in [3.8, 4) is 23.3 Å². The summed E-state index contributed by atoms with van der Waals surface area (Å²) in [6, 6.07) is 26.3. The maximum Gasteiger partial charge on any atom is 0.214 e. The highest BCUT2D eigenvalue weighted by molar-refractivity contribution is 6.03. The highest BCUT2D eigenvalue weighted by Crippen LogP contribution is 2.40. The van der Waals surface area contributed by atoms with Crippen molar-refractivity contribution in [2.45, 2.75) is 0 Å². The topological polar surface area (TPSA) is 65.8 Å². The van der Waals surface area contributed by atoms with Crippen LogP contribution in [-0.4, -0.2) is 26.5 Å². The number of Topliss-reactive ketones (excluding diaryl/α,β-unsaturated/α-hetero) is 1. The van der Waals surface area contributed by atoms with Gasteiger partial charge >= 0.3 is 0 Å². The van der Waals surface area contributed by atoms with E-state index in [1.807, 2.05) is 84.6 Å². The summed E-state index contributed by atoms with van der Waals surface area (Å²) >= 11 is 0. The number of nitriles is 1. The molecule has 0 N–H and O–H groups in total. The number of anilines is 2. The number of carbonyl (C=O) groups is 1. The predicted molar refractivity (Wildman–Crippen MR) is 119 cm³/mol. The maximum absolute atomic E-state index is 12.9. The molecule has 0 fully saturated rings. The third-order valence-electron chi connectivity index (χ3n) is 5.01. The number of ketones is 1. The quantitative estimate of drug-likeness (QED) is 0.431. The van der Waals surface area contributed by atoms with Gasteiger partial charge in [0.15, 0.2) is 6.61 Å². The Morgan fingerprint density at radius 1 is 0.839 bits per heavy atom. The van der Waals surface area contributed by atoms with Gasteiger partial charge in [0.25, 0.3) is 0 Å². The molecule has 0 bridgehead atoms. The van der Waals surface area contributed by atoms with Crippen LogP contribution in [0.5, 0.6) is 17.2 Å². The molecule has 3 aromatic carbocycles. The second-order valence-corrected chi connectivity index (χ2v) is 7.02. The van der Waals surface area contributed by atoms with Gasteiger partial charge in [0.05, 0.1) is 11.4 Å². The standard InChI is InChI=1S/C25H21N3O3/c1-27-22-13-6-7-14-23(22)28(2)25(27)21(16-26)24(29)17-30-19-11-8-12-20(15-19)31-18-9-4-3-5-10-18/h3-15H,17H2,1-2H3.